The lowest BCUT2D eigenvalue weighted by atomic mass is 10.1. The molecule has 1 aliphatic rings. The average molecular weight is 180 g/mol. The Morgan fingerprint density at radius 2 is 2.54 bits per heavy atom. The van der Waals surface area contributed by atoms with Crippen LogP contribution in [0.4, 0.5) is 0 Å². The molecule has 0 bridgehead atoms. The van der Waals surface area contributed by atoms with E-state index in [-0.39, 0.29) is 6.04 Å². The van der Waals surface area contributed by atoms with Crippen molar-refractivity contribution < 1.29 is 4.42 Å². The lowest BCUT2D eigenvalue weighted by Gasteiger charge is -2.23. The first-order valence-corrected chi connectivity index (χ1v) is 4.86. The molecule has 3 nitrogen and oxygen atoms in total. The van der Waals surface area contributed by atoms with Gasteiger partial charge in [-0.2, -0.15) is 0 Å². The van der Waals surface area contributed by atoms with Crippen molar-refractivity contribution in [3.05, 3.63) is 24.2 Å². The molecule has 1 aliphatic heterocycles. The Bertz CT molecular complexity index is 258. The van der Waals surface area contributed by atoms with Crippen molar-refractivity contribution in [3.63, 3.8) is 0 Å². The molecule has 2 heterocycles. The van der Waals surface area contributed by atoms with Gasteiger partial charge in [-0.05, 0) is 25.1 Å². The summed E-state index contributed by atoms with van der Waals surface area (Å²) in [6, 6.07) is 4.46. The minimum atomic E-state index is 0.228. The number of hydrogen-bond donors (Lipinski definition) is 1. The summed E-state index contributed by atoms with van der Waals surface area (Å²) in [5, 5.41) is 0. The Morgan fingerprint density at radius 3 is 3.15 bits per heavy atom. The van der Waals surface area contributed by atoms with Gasteiger partial charge >= 0.3 is 0 Å². The van der Waals surface area contributed by atoms with E-state index in [4.69, 9.17) is 10.2 Å². The molecule has 0 aromatic carbocycles. The van der Waals surface area contributed by atoms with E-state index >= 15 is 0 Å². The van der Waals surface area contributed by atoms with Gasteiger partial charge in [0, 0.05) is 12.6 Å². The Morgan fingerprint density at radius 1 is 1.69 bits per heavy atom. The predicted octanol–water partition coefficient (Wildman–Crippen LogP) is 1.37. The van der Waals surface area contributed by atoms with E-state index in [1.54, 1.807) is 6.26 Å². The third-order valence-corrected chi connectivity index (χ3v) is 2.79. The van der Waals surface area contributed by atoms with Gasteiger partial charge < -0.3 is 10.2 Å². The molecule has 72 valence electrons. The minimum absolute atomic E-state index is 0.228. The minimum Gasteiger partial charge on any atom is -0.468 e. The zero-order chi connectivity index (χ0) is 9.26. The van der Waals surface area contributed by atoms with Gasteiger partial charge in [-0.25, -0.2) is 0 Å². The number of nitrogens with two attached hydrogens (primary N) is 1. The van der Waals surface area contributed by atoms with Gasteiger partial charge in [-0.1, -0.05) is 6.92 Å². The van der Waals surface area contributed by atoms with E-state index in [0.29, 0.717) is 6.04 Å². The summed E-state index contributed by atoms with van der Waals surface area (Å²) in [4.78, 5) is 2.36. The molecule has 0 saturated carbocycles. The van der Waals surface area contributed by atoms with Crippen LogP contribution in [0, 0.1) is 0 Å². The Hall–Kier alpha value is -0.800. The number of hydrogen-bond acceptors (Lipinski definition) is 3. The van der Waals surface area contributed by atoms with Gasteiger partial charge in [0.25, 0.3) is 0 Å². The van der Waals surface area contributed by atoms with E-state index in [9.17, 15) is 0 Å². The summed E-state index contributed by atoms with van der Waals surface area (Å²) in [6.07, 6.45) is 2.79. The zero-order valence-electron chi connectivity index (χ0n) is 7.94. The van der Waals surface area contributed by atoms with E-state index in [2.05, 4.69) is 11.8 Å². The number of nitrogens with zero attached hydrogens (tertiary/aromatic N) is 1. The second-order valence-corrected chi connectivity index (χ2v) is 3.54. The smallest absolute Gasteiger partial charge is 0.122 e. The van der Waals surface area contributed by atoms with Crippen LogP contribution < -0.4 is 5.73 Å². The fourth-order valence-corrected chi connectivity index (χ4v) is 2.09. The van der Waals surface area contributed by atoms with Crippen molar-refractivity contribution in [1.82, 2.24) is 4.90 Å². The molecule has 13 heavy (non-hydrogen) atoms. The first-order valence-electron chi connectivity index (χ1n) is 4.86. The normalized spacial score (nSPS) is 29.7. The predicted molar refractivity (Wildman–Crippen MR) is 51.3 cm³/mol. The van der Waals surface area contributed by atoms with Crippen molar-refractivity contribution in [2.75, 3.05) is 13.1 Å². The molecule has 1 fully saturated rings. The molecule has 3 heteroatoms. The van der Waals surface area contributed by atoms with Crippen LogP contribution in [0.1, 0.15) is 25.1 Å². The highest BCUT2D eigenvalue weighted by molar-refractivity contribution is 5.10. The summed E-state index contributed by atoms with van der Waals surface area (Å²) in [7, 11) is 0. The van der Waals surface area contributed by atoms with Crippen molar-refractivity contribution >= 4 is 0 Å². The fraction of sp³-hybridized carbons (Fsp3) is 0.600. The molecule has 0 amide bonds. The van der Waals surface area contributed by atoms with Gasteiger partial charge in [-0.15, -0.1) is 0 Å². The summed E-state index contributed by atoms with van der Waals surface area (Å²) < 4.78 is 5.40. The van der Waals surface area contributed by atoms with Gasteiger partial charge in [0.15, 0.2) is 0 Å². The number of rotatable bonds is 2. The second kappa shape index (κ2) is 3.52. The van der Waals surface area contributed by atoms with Crippen LogP contribution in [0.5, 0.6) is 0 Å². The highest BCUT2D eigenvalue weighted by atomic mass is 16.3. The van der Waals surface area contributed by atoms with Crippen molar-refractivity contribution in [2.45, 2.75) is 25.4 Å². The molecule has 2 unspecified atom stereocenters. The maximum atomic E-state index is 6.03. The van der Waals surface area contributed by atoms with Crippen molar-refractivity contribution in [2.24, 2.45) is 5.73 Å². The monoisotopic (exact) mass is 180 g/mol. The highest BCUT2D eigenvalue weighted by Crippen LogP contribution is 2.30. The van der Waals surface area contributed by atoms with Gasteiger partial charge in [-0.3, -0.25) is 4.90 Å². The largest absolute Gasteiger partial charge is 0.468 e. The summed E-state index contributed by atoms with van der Waals surface area (Å²) in [6.45, 7) is 4.29. The Labute approximate surface area is 78.5 Å². The molecular formula is C10H16N2O. The maximum absolute atomic E-state index is 6.03. The molecule has 0 aliphatic carbocycles. The molecule has 1 saturated heterocycles. The molecule has 0 spiro atoms. The van der Waals surface area contributed by atoms with Crippen LogP contribution in [-0.2, 0) is 0 Å². The van der Waals surface area contributed by atoms with E-state index in [1.165, 1.54) is 0 Å². The first kappa shape index (κ1) is 8.78. The third-order valence-electron chi connectivity index (χ3n) is 2.79. The number of likely N-dealkylation sites (N-methyl/N-ethyl adjacent to an activating group) is 1. The third kappa shape index (κ3) is 1.49. The molecule has 2 N–H and O–H groups in total. The number of likely N-dealkylation sites (tertiary alicyclic amines) is 1. The van der Waals surface area contributed by atoms with Crippen molar-refractivity contribution in [1.29, 1.82) is 0 Å². The van der Waals surface area contributed by atoms with Gasteiger partial charge in [0.05, 0.1) is 12.3 Å². The van der Waals surface area contributed by atoms with Gasteiger partial charge in [0.2, 0.25) is 0 Å². The van der Waals surface area contributed by atoms with E-state index in [0.717, 1.165) is 25.3 Å². The van der Waals surface area contributed by atoms with Crippen LogP contribution >= 0.6 is 0 Å². The first-order chi connectivity index (χ1) is 6.33. The standard InChI is InChI=1S/C10H16N2O/c1-2-12-6-5-8(11)10(12)9-4-3-7-13-9/h3-4,7-8,10H,2,5-6,11H2,1H3. The van der Waals surface area contributed by atoms with E-state index < -0.39 is 0 Å². The number of furan rings is 1. The molecule has 0 radical (unpaired) electrons. The van der Waals surface area contributed by atoms with Crippen LogP contribution in [0.2, 0.25) is 0 Å². The fourth-order valence-electron chi connectivity index (χ4n) is 2.09. The van der Waals surface area contributed by atoms with E-state index in [1.807, 2.05) is 12.1 Å². The highest BCUT2D eigenvalue weighted by Gasteiger charge is 2.33. The summed E-state index contributed by atoms with van der Waals surface area (Å²) in [5.41, 5.74) is 6.03. The SMILES string of the molecule is CCN1CCC(N)C1c1ccco1. The lowest BCUT2D eigenvalue weighted by Crippen LogP contribution is -2.31. The van der Waals surface area contributed by atoms with Crippen LogP contribution in [0.25, 0.3) is 0 Å². The topological polar surface area (TPSA) is 42.4 Å². The average Bonchev–Trinajstić information content (AvgIpc) is 2.72. The summed E-state index contributed by atoms with van der Waals surface area (Å²) >= 11 is 0. The molecule has 1 aromatic heterocycles. The molecular weight excluding hydrogens is 164 g/mol. The Balaban J connectivity index is 2.20. The van der Waals surface area contributed by atoms with Crippen molar-refractivity contribution in [3.8, 4) is 0 Å². The van der Waals surface area contributed by atoms with Crippen LogP contribution in [0.15, 0.2) is 22.8 Å². The summed E-state index contributed by atoms with van der Waals surface area (Å²) in [5.74, 6) is 1.01. The second-order valence-electron chi connectivity index (χ2n) is 3.54. The lowest BCUT2D eigenvalue weighted by molar-refractivity contribution is 0.229. The zero-order valence-corrected chi connectivity index (χ0v) is 7.94. The van der Waals surface area contributed by atoms with Crippen LogP contribution in [-0.4, -0.2) is 24.0 Å². The Kier molecular flexibility index (Phi) is 2.38. The quantitative estimate of drug-likeness (QED) is 0.747. The van der Waals surface area contributed by atoms with Crippen LogP contribution in [0.3, 0.4) is 0 Å². The maximum Gasteiger partial charge on any atom is 0.122 e. The van der Waals surface area contributed by atoms with Gasteiger partial charge in [0.1, 0.15) is 5.76 Å². The molecule has 1 aromatic rings. The molecule has 2 rings (SSSR count). The molecule has 2 atom stereocenters.